The summed E-state index contributed by atoms with van der Waals surface area (Å²) < 4.78 is 19.8. The van der Waals surface area contributed by atoms with Crippen LogP contribution in [0.2, 0.25) is 0 Å². The van der Waals surface area contributed by atoms with Crippen LogP contribution >= 0.6 is 11.3 Å². The molecule has 0 fully saturated rings. The van der Waals surface area contributed by atoms with E-state index in [1.165, 1.54) is 12.3 Å². The van der Waals surface area contributed by atoms with Gasteiger partial charge in [0.2, 0.25) is 5.89 Å². The Balaban J connectivity index is 1.55. The summed E-state index contributed by atoms with van der Waals surface area (Å²) in [4.78, 5) is 21.6. The monoisotopic (exact) mass is 421 g/mol. The number of aromatic nitrogens is 2. The highest BCUT2D eigenvalue weighted by Crippen LogP contribution is 2.29. The predicted molar refractivity (Wildman–Crippen MR) is 115 cm³/mol. The van der Waals surface area contributed by atoms with Crippen molar-refractivity contribution >= 4 is 17.2 Å². The highest BCUT2D eigenvalue weighted by molar-refractivity contribution is 7.09. The van der Waals surface area contributed by atoms with Crippen molar-refractivity contribution in [3.8, 4) is 22.8 Å². The highest BCUT2D eigenvalue weighted by atomic mass is 32.1. The number of thiazole rings is 1. The van der Waals surface area contributed by atoms with Crippen LogP contribution in [0.3, 0.4) is 0 Å². The Labute approximate surface area is 177 Å². The standard InChI is InChI=1S/C23H20FN3O2S/c1-14(2)23-27-15(13-30-23)11-25-21(28)16-7-3-4-8-17(16)22-26-12-20(29-22)18-9-5-6-10-19(18)24/h3-10,12-14H,11H2,1-2H3,(H,25,28). The maximum absolute atomic E-state index is 14.1. The fourth-order valence-corrected chi connectivity index (χ4v) is 3.82. The van der Waals surface area contributed by atoms with Gasteiger partial charge in [-0.05, 0) is 24.3 Å². The Bertz CT molecular complexity index is 1180. The van der Waals surface area contributed by atoms with Gasteiger partial charge < -0.3 is 9.73 Å². The van der Waals surface area contributed by atoms with Gasteiger partial charge in [-0.25, -0.2) is 14.4 Å². The first-order valence-electron chi connectivity index (χ1n) is 9.55. The number of hydrogen-bond donors (Lipinski definition) is 1. The molecule has 0 bridgehead atoms. The van der Waals surface area contributed by atoms with Crippen LogP contribution in [0.5, 0.6) is 0 Å². The molecule has 0 unspecified atom stereocenters. The minimum atomic E-state index is -0.393. The molecule has 0 aliphatic carbocycles. The first kappa shape index (κ1) is 20.0. The number of carbonyl (C=O) groups excluding carboxylic acids is 1. The van der Waals surface area contributed by atoms with Crippen LogP contribution < -0.4 is 5.32 Å². The molecule has 2 heterocycles. The van der Waals surface area contributed by atoms with E-state index in [2.05, 4.69) is 29.1 Å². The van der Waals surface area contributed by atoms with Crippen LogP contribution in [0.25, 0.3) is 22.8 Å². The lowest BCUT2D eigenvalue weighted by Crippen LogP contribution is -2.23. The molecule has 0 saturated carbocycles. The summed E-state index contributed by atoms with van der Waals surface area (Å²) in [6.45, 7) is 4.51. The van der Waals surface area contributed by atoms with E-state index in [1.807, 2.05) is 5.38 Å². The van der Waals surface area contributed by atoms with E-state index < -0.39 is 5.82 Å². The van der Waals surface area contributed by atoms with Crippen molar-refractivity contribution in [1.82, 2.24) is 15.3 Å². The number of amides is 1. The molecule has 0 aliphatic rings. The molecule has 0 spiro atoms. The van der Waals surface area contributed by atoms with Gasteiger partial charge in [0.15, 0.2) is 5.76 Å². The number of carbonyl (C=O) groups is 1. The fraction of sp³-hybridized carbons (Fsp3) is 0.174. The topological polar surface area (TPSA) is 68.0 Å². The molecule has 1 N–H and O–H groups in total. The first-order chi connectivity index (χ1) is 14.5. The van der Waals surface area contributed by atoms with Crippen molar-refractivity contribution in [3.63, 3.8) is 0 Å². The zero-order chi connectivity index (χ0) is 21.1. The maximum Gasteiger partial charge on any atom is 0.252 e. The lowest BCUT2D eigenvalue weighted by molar-refractivity contribution is 0.0951. The second kappa shape index (κ2) is 8.59. The quantitative estimate of drug-likeness (QED) is 0.436. The smallest absolute Gasteiger partial charge is 0.252 e. The van der Waals surface area contributed by atoms with Crippen LogP contribution in [-0.2, 0) is 6.54 Å². The largest absolute Gasteiger partial charge is 0.436 e. The van der Waals surface area contributed by atoms with Crippen LogP contribution in [-0.4, -0.2) is 15.9 Å². The van der Waals surface area contributed by atoms with E-state index in [1.54, 1.807) is 53.8 Å². The molecular weight excluding hydrogens is 401 g/mol. The molecular formula is C23H20FN3O2S. The van der Waals surface area contributed by atoms with E-state index in [4.69, 9.17) is 4.42 Å². The Morgan fingerprint density at radius 3 is 2.60 bits per heavy atom. The molecule has 30 heavy (non-hydrogen) atoms. The second-order valence-corrected chi connectivity index (χ2v) is 7.96. The molecule has 7 heteroatoms. The lowest BCUT2D eigenvalue weighted by Gasteiger charge is -2.07. The van der Waals surface area contributed by atoms with Crippen LogP contribution in [0, 0.1) is 5.82 Å². The van der Waals surface area contributed by atoms with E-state index >= 15 is 0 Å². The normalized spacial score (nSPS) is 11.1. The van der Waals surface area contributed by atoms with Gasteiger partial charge >= 0.3 is 0 Å². The second-order valence-electron chi connectivity index (χ2n) is 7.07. The van der Waals surface area contributed by atoms with E-state index in [0.717, 1.165) is 10.7 Å². The van der Waals surface area contributed by atoms with Gasteiger partial charge in [0.05, 0.1) is 34.6 Å². The van der Waals surface area contributed by atoms with Crippen molar-refractivity contribution < 1.29 is 13.6 Å². The van der Waals surface area contributed by atoms with Crippen molar-refractivity contribution in [1.29, 1.82) is 0 Å². The lowest BCUT2D eigenvalue weighted by atomic mass is 10.1. The number of rotatable bonds is 6. The van der Waals surface area contributed by atoms with E-state index in [0.29, 0.717) is 34.9 Å². The van der Waals surface area contributed by atoms with Crippen molar-refractivity contribution in [2.24, 2.45) is 0 Å². The summed E-state index contributed by atoms with van der Waals surface area (Å²) in [5.41, 5.74) is 2.12. The van der Waals surface area contributed by atoms with E-state index in [9.17, 15) is 9.18 Å². The van der Waals surface area contributed by atoms with Gasteiger partial charge in [-0.3, -0.25) is 4.79 Å². The summed E-state index contributed by atoms with van der Waals surface area (Å²) in [6.07, 6.45) is 1.46. The molecule has 2 aromatic heterocycles. The third-order valence-electron chi connectivity index (χ3n) is 4.54. The number of oxazole rings is 1. The fourth-order valence-electron chi connectivity index (χ4n) is 2.99. The maximum atomic E-state index is 14.1. The third-order valence-corrected chi connectivity index (χ3v) is 5.73. The van der Waals surface area contributed by atoms with E-state index in [-0.39, 0.29) is 11.8 Å². The van der Waals surface area contributed by atoms with Crippen molar-refractivity contribution in [3.05, 3.63) is 82.2 Å². The molecule has 4 aromatic rings. The summed E-state index contributed by atoms with van der Waals surface area (Å²) in [6, 6.07) is 13.4. The average Bonchev–Trinajstić information content (AvgIpc) is 3.42. The molecule has 0 aliphatic heterocycles. The summed E-state index contributed by atoms with van der Waals surface area (Å²) in [5.74, 6) is 0.274. The molecule has 0 radical (unpaired) electrons. The van der Waals surface area contributed by atoms with Gasteiger partial charge in [0, 0.05) is 16.9 Å². The molecule has 4 rings (SSSR count). The Morgan fingerprint density at radius 1 is 1.13 bits per heavy atom. The summed E-state index contributed by atoms with van der Waals surface area (Å²) in [5, 5.41) is 5.90. The van der Waals surface area contributed by atoms with Gasteiger partial charge in [-0.15, -0.1) is 11.3 Å². The van der Waals surface area contributed by atoms with Crippen LogP contribution in [0.4, 0.5) is 4.39 Å². The van der Waals surface area contributed by atoms with Crippen molar-refractivity contribution in [2.45, 2.75) is 26.3 Å². The minimum Gasteiger partial charge on any atom is -0.436 e. The van der Waals surface area contributed by atoms with Gasteiger partial charge in [0.25, 0.3) is 5.91 Å². The number of hydrogen-bond acceptors (Lipinski definition) is 5. The van der Waals surface area contributed by atoms with Gasteiger partial charge in [-0.1, -0.05) is 38.1 Å². The third kappa shape index (κ3) is 4.16. The molecule has 0 atom stereocenters. The number of nitrogens with one attached hydrogen (secondary N) is 1. The molecule has 0 saturated heterocycles. The average molecular weight is 421 g/mol. The Hall–Kier alpha value is -3.32. The number of halogens is 1. The SMILES string of the molecule is CC(C)c1nc(CNC(=O)c2ccccc2-c2ncc(-c3ccccc3F)o2)cs1. The molecule has 152 valence electrons. The van der Waals surface area contributed by atoms with Crippen LogP contribution in [0.15, 0.2) is 64.5 Å². The molecule has 5 nitrogen and oxygen atoms in total. The Morgan fingerprint density at radius 2 is 1.87 bits per heavy atom. The van der Waals surface area contributed by atoms with Gasteiger partial charge in [-0.2, -0.15) is 0 Å². The van der Waals surface area contributed by atoms with Crippen molar-refractivity contribution in [2.75, 3.05) is 0 Å². The van der Waals surface area contributed by atoms with Crippen LogP contribution in [0.1, 0.15) is 40.8 Å². The summed E-state index contributed by atoms with van der Waals surface area (Å²) >= 11 is 1.59. The number of nitrogens with zero attached hydrogens (tertiary/aromatic N) is 2. The predicted octanol–water partition coefficient (Wildman–Crippen LogP) is 5.66. The zero-order valence-electron chi connectivity index (χ0n) is 16.6. The zero-order valence-corrected chi connectivity index (χ0v) is 17.4. The Kier molecular flexibility index (Phi) is 5.72. The molecule has 2 aromatic carbocycles. The minimum absolute atomic E-state index is 0.254. The highest BCUT2D eigenvalue weighted by Gasteiger charge is 2.18. The molecule has 1 amide bonds. The first-order valence-corrected chi connectivity index (χ1v) is 10.4. The summed E-state index contributed by atoms with van der Waals surface area (Å²) in [7, 11) is 0. The number of benzene rings is 2. The van der Waals surface area contributed by atoms with Gasteiger partial charge in [0.1, 0.15) is 5.82 Å².